The van der Waals surface area contributed by atoms with E-state index in [0.717, 1.165) is 32.1 Å². The molecule has 2 saturated carbocycles. The van der Waals surface area contributed by atoms with Gasteiger partial charge in [0.25, 0.3) is 0 Å². The number of ether oxygens (including phenoxy) is 1. The van der Waals surface area contributed by atoms with Crippen LogP contribution in [-0.2, 0) is 9.53 Å². The molecule has 0 aromatic rings. The van der Waals surface area contributed by atoms with E-state index in [1.165, 1.54) is 12.8 Å². The lowest BCUT2D eigenvalue weighted by molar-refractivity contribution is -0.137. The minimum Gasteiger partial charge on any atom is -0.512 e. The quantitative estimate of drug-likeness (QED) is 0.356. The van der Waals surface area contributed by atoms with Gasteiger partial charge in [-0.15, -0.1) is 0 Å². The van der Waals surface area contributed by atoms with Crippen LogP contribution in [0.25, 0.3) is 0 Å². The third kappa shape index (κ3) is 6.49. The first kappa shape index (κ1) is 22.2. The van der Waals surface area contributed by atoms with Crippen molar-refractivity contribution in [1.82, 2.24) is 0 Å². The van der Waals surface area contributed by atoms with Gasteiger partial charge in [-0.25, -0.2) is 0 Å². The molecule has 0 unspecified atom stereocenters. The molecule has 27 heavy (non-hydrogen) atoms. The summed E-state index contributed by atoms with van der Waals surface area (Å²) in [6.45, 7) is 7.13. The molecule has 0 aromatic heterocycles. The zero-order valence-electron chi connectivity index (χ0n) is 17.2. The Morgan fingerprint density at radius 3 is 2.59 bits per heavy atom. The van der Waals surface area contributed by atoms with E-state index in [1.54, 1.807) is 0 Å². The standard InChI is InChI=1S/C22H38O5/c1-4-5-9-22(2,3)10-8-18(23)21-17-14-16(12-15(17)13-19(21)24)27-11-6-7-20(25)26/h8,15-17,19,21,23-24H,4-7,9-14H2,1-3H3,(H,25,26)/b18-8+/t15-,16-,17-,19+,21-/m1/s1. The Morgan fingerprint density at radius 2 is 1.93 bits per heavy atom. The first-order chi connectivity index (χ1) is 12.7. The largest absolute Gasteiger partial charge is 0.512 e. The molecule has 0 radical (unpaired) electrons. The number of allylic oxidation sites excluding steroid dienone is 1. The van der Waals surface area contributed by atoms with E-state index in [9.17, 15) is 15.0 Å². The molecular formula is C22H38O5. The van der Waals surface area contributed by atoms with Crippen molar-refractivity contribution in [3.63, 3.8) is 0 Å². The number of aliphatic hydroxyl groups is 2. The van der Waals surface area contributed by atoms with Gasteiger partial charge in [-0.1, -0.05) is 33.6 Å². The maximum Gasteiger partial charge on any atom is 0.303 e. The van der Waals surface area contributed by atoms with Gasteiger partial charge in [0, 0.05) is 18.9 Å². The molecule has 2 aliphatic carbocycles. The number of unbranched alkanes of at least 4 members (excludes halogenated alkanes) is 1. The molecule has 0 spiro atoms. The second-order valence-electron chi connectivity index (χ2n) is 9.32. The highest BCUT2D eigenvalue weighted by atomic mass is 16.5. The normalized spacial score (nSPS) is 31.3. The van der Waals surface area contributed by atoms with Crippen LogP contribution in [0.3, 0.4) is 0 Å². The smallest absolute Gasteiger partial charge is 0.303 e. The topological polar surface area (TPSA) is 87.0 Å². The van der Waals surface area contributed by atoms with Gasteiger partial charge in [0.2, 0.25) is 0 Å². The first-order valence-corrected chi connectivity index (χ1v) is 10.6. The average molecular weight is 383 g/mol. The van der Waals surface area contributed by atoms with Crippen molar-refractivity contribution in [2.24, 2.45) is 23.2 Å². The molecule has 156 valence electrons. The van der Waals surface area contributed by atoms with E-state index in [2.05, 4.69) is 20.8 Å². The van der Waals surface area contributed by atoms with Crippen molar-refractivity contribution in [2.75, 3.05) is 6.61 Å². The van der Waals surface area contributed by atoms with E-state index >= 15 is 0 Å². The fourth-order valence-electron chi connectivity index (χ4n) is 4.86. The summed E-state index contributed by atoms with van der Waals surface area (Å²) in [5.74, 6) is 0.0373. The van der Waals surface area contributed by atoms with Crippen molar-refractivity contribution >= 4 is 5.97 Å². The van der Waals surface area contributed by atoms with Gasteiger partial charge in [0.1, 0.15) is 0 Å². The van der Waals surface area contributed by atoms with Crippen molar-refractivity contribution < 1.29 is 24.9 Å². The molecule has 0 heterocycles. The Hall–Kier alpha value is -1.07. The SMILES string of the molecule is CCCCC(C)(C)C/C=C(/O)[C@H]1[C@@H]2C[C@H](OCCCC(=O)O)C[C@@H]2C[C@@H]1O. The molecule has 2 fully saturated rings. The lowest BCUT2D eigenvalue weighted by Crippen LogP contribution is -2.24. The Balaban J connectivity index is 1.87. The summed E-state index contributed by atoms with van der Waals surface area (Å²) in [7, 11) is 0. The van der Waals surface area contributed by atoms with Gasteiger partial charge in [0.15, 0.2) is 0 Å². The van der Waals surface area contributed by atoms with Gasteiger partial charge in [-0.2, -0.15) is 0 Å². The van der Waals surface area contributed by atoms with Crippen LogP contribution < -0.4 is 0 Å². The maximum absolute atomic E-state index is 10.7. The number of carboxylic acid groups (broad SMARTS) is 1. The van der Waals surface area contributed by atoms with Crippen molar-refractivity contribution in [2.45, 2.75) is 90.8 Å². The van der Waals surface area contributed by atoms with E-state index in [-0.39, 0.29) is 29.8 Å². The molecule has 0 saturated heterocycles. The van der Waals surface area contributed by atoms with Crippen LogP contribution in [-0.4, -0.2) is 40.1 Å². The number of carbonyl (C=O) groups is 1. The molecule has 0 aromatic carbocycles. The number of fused-ring (bicyclic) bond motifs is 1. The number of aliphatic hydroxyl groups excluding tert-OH is 2. The van der Waals surface area contributed by atoms with Crippen molar-refractivity contribution in [3.05, 3.63) is 11.8 Å². The van der Waals surface area contributed by atoms with E-state index in [0.29, 0.717) is 24.7 Å². The molecule has 5 atom stereocenters. The summed E-state index contributed by atoms with van der Waals surface area (Å²) >= 11 is 0. The van der Waals surface area contributed by atoms with Gasteiger partial charge in [-0.05, 0) is 61.9 Å². The van der Waals surface area contributed by atoms with E-state index < -0.39 is 12.1 Å². The third-order valence-electron chi connectivity index (χ3n) is 6.43. The Kier molecular flexibility index (Phi) is 8.17. The van der Waals surface area contributed by atoms with Crippen LogP contribution >= 0.6 is 0 Å². The van der Waals surface area contributed by atoms with Crippen LogP contribution in [0.5, 0.6) is 0 Å². The van der Waals surface area contributed by atoms with E-state index in [1.807, 2.05) is 6.08 Å². The second kappa shape index (κ2) is 9.92. The van der Waals surface area contributed by atoms with Gasteiger partial charge < -0.3 is 20.1 Å². The molecule has 0 aliphatic heterocycles. The minimum atomic E-state index is -0.790. The predicted molar refractivity (Wildman–Crippen MR) is 106 cm³/mol. The zero-order chi connectivity index (χ0) is 20.0. The number of hydrogen-bond acceptors (Lipinski definition) is 4. The summed E-state index contributed by atoms with van der Waals surface area (Å²) in [6.07, 6.45) is 9.07. The Morgan fingerprint density at radius 1 is 1.19 bits per heavy atom. The molecule has 2 aliphatic rings. The fourth-order valence-corrected chi connectivity index (χ4v) is 4.86. The second-order valence-corrected chi connectivity index (χ2v) is 9.32. The van der Waals surface area contributed by atoms with Crippen molar-refractivity contribution in [1.29, 1.82) is 0 Å². The first-order valence-electron chi connectivity index (χ1n) is 10.6. The molecule has 2 rings (SSSR count). The summed E-state index contributed by atoms with van der Waals surface area (Å²) in [5, 5.41) is 29.9. The molecule has 5 nitrogen and oxygen atoms in total. The zero-order valence-corrected chi connectivity index (χ0v) is 17.2. The van der Waals surface area contributed by atoms with Crippen LogP contribution in [0.1, 0.15) is 78.6 Å². The predicted octanol–water partition coefficient (Wildman–Crippen LogP) is 4.69. The highest BCUT2D eigenvalue weighted by Crippen LogP contribution is 2.50. The number of rotatable bonds is 11. The lowest BCUT2D eigenvalue weighted by Gasteiger charge is -2.25. The number of carboxylic acids is 1. The van der Waals surface area contributed by atoms with Crippen LogP contribution in [0.2, 0.25) is 0 Å². The monoisotopic (exact) mass is 382 g/mol. The summed E-state index contributed by atoms with van der Waals surface area (Å²) in [4.78, 5) is 10.6. The van der Waals surface area contributed by atoms with Crippen LogP contribution in [0, 0.1) is 23.2 Å². The van der Waals surface area contributed by atoms with Crippen LogP contribution in [0.15, 0.2) is 11.8 Å². The third-order valence-corrected chi connectivity index (χ3v) is 6.43. The fraction of sp³-hybridized carbons (Fsp3) is 0.864. The Bertz CT molecular complexity index is 513. The molecule has 0 amide bonds. The van der Waals surface area contributed by atoms with Crippen LogP contribution in [0.4, 0.5) is 0 Å². The average Bonchev–Trinajstić information content (AvgIpc) is 3.10. The molecule has 0 bridgehead atoms. The molecule has 3 N–H and O–H groups in total. The Labute approximate surface area is 163 Å². The number of hydrogen-bond donors (Lipinski definition) is 3. The van der Waals surface area contributed by atoms with Gasteiger partial charge in [0.05, 0.1) is 18.0 Å². The maximum atomic E-state index is 10.7. The van der Waals surface area contributed by atoms with Crippen molar-refractivity contribution in [3.8, 4) is 0 Å². The summed E-state index contributed by atoms with van der Waals surface area (Å²) in [6, 6.07) is 0. The highest BCUT2D eigenvalue weighted by molar-refractivity contribution is 5.66. The number of aliphatic carboxylic acids is 1. The van der Waals surface area contributed by atoms with Gasteiger partial charge in [-0.3, -0.25) is 4.79 Å². The summed E-state index contributed by atoms with van der Waals surface area (Å²) in [5.41, 5.74) is 0.165. The molecule has 5 heteroatoms. The lowest BCUT2D eigenvalue weighted by atomic mass is 9.82. The minimum absolute atomic E-state index is 0.123. The molecular weight excluding hydrogens is 344 g/mol. The van der Waals surface area contributed by atoms with Gasteiger partial charge >= 0.3 is 5.97 Å². The summed E-state index contributed by atoms with van der Waals surface area (Å²) < 4.78 is 5.87. The van der Waals surface area contributed by atoms with E-state index in [4.69, 9.17) is 9.84 Å². The highest BCUT2D eigenvalue weighted by Gasteiger charge is 2.49.